The molecule has 0 saturated heterocycles. The predicted molar refractivity (Wildman–Crippen MR) is 85.4 cm³/mol. The third-order valence-electron chi connectivity index (χ3n) is 3.50. The van der Waals surface area contributed by atoms with E-state index in [0.717, 1.165) is 16.6 Å². The number of aromatic nitrogens is 2. The molecule has 0 spiro atoms. The number of allylic oxidation sites excluding steroid dienone is 1. The number of aryl methyl sites for hydroxylation is 2. The number of nitrogens with zero attached hydrogens (tertiary/aromatic N) is 3. The van der Waals surface area contributed by atoms with E-state index < -0.39 is 0 Å². The Hall–Kier alpha value is -2.86. The summed E-state index contributed by atoms with van der Waals surface area (Å²) in [5.41, 5.74) is 4.68. The SMILES string of the molecule is Cc1cccc(C=C(C#N)c2nc3ccccc3n2C)c1. The summed E-state index contributed by atoms with van der Waals surface area (Å²) < 4.78 is 1.96. The van der Waals surface area contributed by atoms with Crippen molar-refractivity contribution < 1.29 is 0 Å². The van der Waals surface area contributed by atoms with E-state index in [-0.39, 0.29) is 0 Å². The van der Waals surface area contributed by atoms with Gasteiger partial charge in [0.15, 0.2) is 5.82 Å². The molecule has 3 aromatic rings. The van der Waals surface area contributed by atoms with Gasteiger partial charge in [0, 0.05) is 7.05 Å². The first-order chi connectivity index (χ1) is 10.2. The maximum absolute atomic E-state index is 9.49. The summed E-state index contributed by atoms with van der Waals surface area (Å²) in [7, 11) is 1.94. The van der Waals surface area contributed by atoms with Gasteiger partial charge in [0.25, 0.3) is 0 Å². The molecule has 3 nitrogen and oxygen atoms in total. The Morgan fingerprint density at radius 3 is 2.71 bits per heavy atom. The molecule has 0 N–H and O–H groups in total. The van der Waals surface area contributed by atoms with E-state index in [4.69, 9.17) is 0 Å². The van der Waals surface area contributed by atoms with Crippen LogP contribution in [-0.4, -0.2) is 9.55 Å². The Bertz CT molecular complexity index is 879. The van der Waals surface area contributed by atoms with Crippen molar-refractivity contribution in [2.75, 3.05) is 0 Å². The first-order valence-corrected chi connectivity index (χ1v) is 6.79. The van der Waals surface area contributed by atoms with Crippen molar-refractivity contribution in [1.82, 2.24) is 9.55 Å². The van der Waals surface area contributed by atoms with Crippen LogP contribution in [0.15, 0.2) is 48.5 Å². The van der Waals surface area contributed by atoms with E-state index >= 15 is 0 Å². The molecule has 0 unspecified atom stereocenters. The summed E-state index contributed by atoms with van der Waals surface area (Å²) in [6, 6.07) is 18.2. The second-order valence-corrected chi connectivity index (χ2v) is 5.07. The largest absolute Gasteiger partial charge is 0.327 e. The van der Waals surface area contributed by atoms with Crippen molar-refractivity contribution in [3.63, 3.8) is 0 Å². The van der Waals surface area contributed by atoms with Gasteiger partial charge >= 0.3 is 0 Å². The molecule has 1 aromatic heterocycles. The van der Waals surface area contributed by atoms with Crippen molar-refractivity contribution in [3.8, 4) is 6.07 Å². The summed E-state index contributed by atoms with van der Waals surface area (Å²) in [5.74, 6) is 0.695. The summed E-state index contributed by atoms with van der Waals surface area (Å²) in [5, 5.41) is 9.49. The zero-order valence-electron chi connectivity index (χ0n) is 12.0. The zero-order chi connectivity index (χ0) is 14.8. The molecule has 0 aliphatic carbocycles. The molecule has 1 heterocycles. The third-order valence-corrected chi connectivity index (χ3v) is 3.50. The molecule has 0 aliphatic heterocycles. The van der Waals surface area contributed by atoms with Crippen LogP contribution in [0.4, 0.5) is 0 Å². The first kappa shape index (κ1) is 13.1. The zero-order valence-corrected chi connectivity index (χ0v) is 12.0. The molecule has 0 atom stereocenters. The maximum Gasteiger partial charge on any atom is 0.151 e. The molecular weight excluding hydrogens is 258 g/mol. The van der Waals surface area contributed by atoms with Crippen molar-refractivity contribution in [2.24, 2.45) is 7.05 Å². The highest BCUT2D eigenvalue weighted by Crippen LogP contribution is 2.22. The molecule has 102 valence electrons. The first-order valence-electron chi connectivity index (χ1n) is 6.79. The normalized spacial score (nSPS) is 11.6. The Kier molecular flexibility index (Phi) is 3.29. The van der Waals surface area contributed by atoms with E-state index in [1.807, 2.05) is 67.1 Å². The minimum absolute atomic E-state index is 0.569. The average Bonchev–Trinajstić information content (AvgIpc) is 2.82. The van der Waals surface area contributed by atoms with Crippen LogP contribution < -0.4 is 0 Å². The van der Waals surface area contributed by atoms with Crippen molar-refractivity contribution >= 4 is 22.7 Å². The topological polar surface area (TPSA) is 41.6 Å². The van der Waals surface area contributed by atoms with Gasteiger partial charge in [-0.1, -0.05) is 42.0 Å². The van der Waals surface area contributed by atoms with Crippen LogP contribution in [0.3, 0.4) is 0 Å². The maximum atomic E-state index is 9.49. The van der Waals surface area contributed by atoms with Gasteiger partial charge in [-0.2, -0.15) is 5.26 Å². The van der Waals surface area contributed by atoms with Crippen molar-refractivity contribution in [2.45, 2.75) is 6.92 Å². The van der Waals surface area contributed by atoms with E-state index in [9.17, 15) is 5.26 Å². The summed E-state index contributed by atoms with van der Waals surface area (Å²) in [6.07, 6.45) is 1.88. The molecule has 0 radical (unpaired) electrons. The smallest absolute Gasteiger partial charge is 0.151 e. The number of imidazole rings is 1. The number of hydrogen-bond donors (Lipinski definition) is 0. The summed E-state index contributed by atoms with van der Waals surface area (Å²) in [6.45, 7) is 2.04. The Balaban J connectivity index is 2.15. The number of para-hydroxylation sites is 2. The highest BCUT2D eigenvalue weighted by atomic mass is 15.1. The summed E-state index contributed by atoms with van der Waals surface area (Å²) >= 11 is 0. The molecule has 0 fully saturated rings. The number of nitriles is 1. The quantitative estimate of drug-likeness (QED) is 0.663. The highest BCUT2D eigenvalue weighted by molar-refractivity contribution is 5.90. The van der Waals surface area contributed by atoms with Crippen LogP contribution in [0.2, 0.25) is 0 Å². The van der Waals surface area contributed by atoms with Gasteiger partial charge in [-0.15, -0.1) is 0 Å². The number of benzene rings is 2. The molecule has 0 bridgehead atoms. The van der Waals surface area contributed by atoms with E-state index in [0.29, 0.717) is 11.4 Å². The van der Waals surface area contributed by atoms with Gasteiger partial charge in [-0.25, -0.2) is 4.98 Å². The van der Waals surface area contributed by atoms with Crippen LogP contribution in [0, 0.1) is 18.3 Å². The second kappa shape index (κ2) is 5.26. The fraction of sp³-hybridized carbons (Fsp3) is 0.111. The highest BCUT2D eigenvalue weighted by Gasteiger charge is 2.11. The number of rotatable bonds is 2. The average molecular weight is 273 g/mol. The Morgan fingerprint density at radius 1 is 1.19 bits per heavy atom. The van der Waals surface area contributed by atoms with Crippen LogP contribution in [0.25, 0.3) is 22.7 Å². The van der Waals surface area contributed by atoms with Gasteiger partial charge in [-0.3, -0.25) is 0 Å². The minimum Gasteiger partial charge on any atom is -0.327 e. The Morgan fingerprint density at radius 2 is 2.00 bits per heavy atom. The Labute approximate surface area is 123 Å². The fourth-order valence-electron chi connectivity index (χ4n) is 2.46. The molecule has 2 aromatic carbocycles. The lowest BCUT2D eigenvalue weighted by Gasteiger charge is -2.01. The van der Waals surface area contributed by atoms with Crippen LogP contribution in [0.5, 0.6) is 0 Å². The van der Waals surface area contributed by atoms with E-state index in [2.05, 4.69) is 17.1 Å². The lowest BCUT2D eigenvalue weighted by molar-refractivity contribution is 0.925. The van der Waals surface area contributed by atoms with Gasteiger partial charge in [0.05, 0.1) is 16.6 Å². The number of fused-ring (bicyclic) bond motifs is 1. The number of hydrogen-bond acceptors (Lipinski definition) is 2. The molecule has 0 aliphatic rings. The van der Waals surface area contributed by atoms with Gasteiger partial charge in [0.2, 0.25) is 0 Å². The van der Waals surface area contributed by atoms with Crippen LogP contribution >= 0.6 is 0 Å². The molecule has 3 rings (SSSR count). The lowest BCUT2D eigenvalue weighted by Crippen LogP contribution is -1.96. The van der Waals surface area contributed by atoms with Crippen LogP contribution in [0.1, 0.15) is 17.0 Å². The monoisotopic (exact) mass is 273 g/mol. The van der Waals surface area contributed by atoms with Crippen molar-refractivity contribution in [3.05, 3.63) is 65.5 Å². The van der Waals surface area contributed by atoms with E-state index in [1.54, 1.807) is 0 Å². The second-order valence-electron chi connectivity index (χ2n) is 5.07. The third kappa shape index (κ3) is 2.44. The molecule has 0 amide bonds. The van der Waals surface area contributed by atoms with E-state index in [1.165, 1.54) is 5.56 Å². The minimum atomic E-state index is 0.569. The van der Waals surface area contributed by atoms with Gasteiger partial charge in [-0.05, 0) is 30.7 Å². The van der Waals surface area contributed by atoms with Crippen molar-refractivity contribution in [1.29, 1.82) is 5.26 Å². The van der Waals surface area contributed by atoms with Gasteiger partial charge < -0.3 is 4.57 Å². The van der Waals surface area contributed by atoms with Crippen LogP contribution in [-0.2, 0) is 7.05 Å². The molecule has 21 heavy (non-hydrogen) atoms. The molecular formula is C18H15N3. The predicted octanol–water partition coefficient (Wildman–Crippen LogP) is 3.95. The van der Waals surface area contributed by atoms with Gasteiger partial charge in [0.1, 0.15) is 6.07 Å². The lowest BCUT2D eigenvalue weighted by atomic mass is 10.1. The molecule has 3 heteroatoms. The molecule has 0 saturated carbocycles. The summed E-state index contributed by atoms with van der Waals surface area (Å²) in [4.78, 5) is 4.57. The standard InChI is InChI=1S/C18H15N3/c1-13-6-5-7-14(10-13)11-15(12-19)18-20-16-8-3-4-9-17(16)21(18)2/h3-11H,1-2H3. The fourth-order valence-corrected chi connectivity index (χ4v) is 2.46.